The van der Waals surface area contributed by atoms with Crippen molar-refractivity contribution in [2.75, 3.05) is 32.5 Å². The van der Waals surface area contributed by atoms with Crippen molar-refractivity contribution in [1.29, 1.82) is 0 Å². The molecule has 0 aliphatic rings. The van der Waals surface area contributed by atoms with Crippen LogP contribution in [0, 0.1) is 6.92 Å². The van der Waals surface area contributed by atoms with Crippen LogP contribution in [0.15, 0.2) is 42.5 Å². The summed E-state index contributed by atoms with van der Waals surface area (Å²) in [5.74, 6) is -0.616. The minimum absolute atomic E-state index is 0.210. The van der Waals surface area contributed by atoms with Gasteiger partial charge in [0.1, 0.15) is 11.4 Å². The van der Waals surface area contributed by atoms with E-state index in [9.17, 15) is 9.59 Å². The van der Waals surface area contributed by atoms with Crippen molar-refractivity contribution in [3.8, 4) is 0 Å². The van der Waals surface area contributed by atoms with Crippen molar-refractivity contribution in [2.45, 2.75) is 13.3 Å². The molecule has 6 heteroatoms. The zero-order valence-corrected chi connectivity index (χ0v) is 14.9. The second-order valence-electron chi connectivity index (χ2n) is 6.14. The number of hydrogen-bond acceptors (Lipinski definition) is 4. The highest BCUT2D eigenvalue weighted by Crippen LogP contribution is 2.10. The van der Waals surface area contributed by atoms with E-state index in [2.05, 4.69) is 20.5 Å². The predicted molar refractivity (Wildman–Crippen MR) is 98.9 cm³/mol. The highest BCUT2D eigenvalue weighted by Gasteiger charge is 2.12. The Bertz CT molecular complexity index is 726. The summed E-state index contributed by atoms with van der Waals surface area (Å²) in [6.07, 6.45) is 0.854. The smallest absolute Gasteiger partial charge is 0.274 e. The van der Waals surface area contributed by atoms with Crippen LogP contribution in [0.1, 0.15) is 33.0 Å². The average Bonchev–Trinajstić information content (AvgIpc) is 2.60. The van der Waals surface area contributed by atoms with Crippen LogP contribution >= 0.6 is 0 Å². The fraction of sp³-hybridized carbons (Fsp3) is 0.316. The monoisotopic (exact) mass is 340 g/mol. The van der Waals surface area contributed by atoms with Crippen molar-refractivity contribution in [1.82, 2.24) is 15.2 Å². The highest BCUT2D eigenvalue weighted by molar-refractivity contribution is 6.03. The molecule has 0 unspecified atom stereocenters. The average molecular weight is 340 g/mol. The summed E-state index contributed by atoms with van der Waals surface area (Å²) in [6, 6.07) is 12.3. The molecule has 132 valence electrons. The molecule has 1 heterocycles. The Morgan fingerprint density at radius 3 is 2.28 bits per heavy atom. The minimum Gasteiger partial charge on any atom is -0.351 e. The first-order chi connectivity index (χ1) is 12.0. The molecule has 25 heavy (non-hydrogen) atoms. The number of carbonyl (C=O) groups is 2. The summed E-state index contributed by atoms with van der Waals surface area (Å²) < 4.78 is 0. The number of hydrogen-bond donors (Lipinski definition) is 2. The van der Waals surface area contributed by atoms with Crippen LogP contribution in [0.25, 0.3) is 0 Å². The van der Waals surface area contributed by atoms with Gasteiger partial charge in [0.25, 0.3) is 11.8 Å². The summed E-state index contributed by atoms with van der Waals surface area (Å²) in [7, 11) is 3.97. The van der Waals surface area contributed by atoms with Gasteiger partial charge in [-0.1, -0.05) is 23.8 Å². The first-order valence-electron chi connectivity index (χ1n) is 8.24. The second kappa shape index (κ2) is 8.94. The lowest BCUT2D eigenvalue weighted by molar-refractivity contribution is 0.0947. The molecule has 0 aliphatic heterocycles. The Morgan fingerprint density at radius 2 is 1.64 bits per heavy atom. The lowest BCUT2D eigenvalue weighted by atomic mass is 10.2. The summed E-state index contributed by atoms with van der Waals surface area (Å²) in [5.41, 5.74) is 2.25. The molecule has 2 amide bonds. The van der Waals surface area contributed by atoms with Gasteiger partial charge in [-0.3, -0.25) is 9.59 Å². The van der Waals surface area contributed by atoms with Crippen LogP contribution in [0.4, 0.5) is 5.69 Å². The molecule has 0 bridgehead atoms. The molecule has 2 aromatic rings. The Hall–Kier alpha value is -2.73. The SMILES string of the molecule is Cc1ccc(NC(=O)c2cccc(C(=O)NCCCN(C)C)n2)cc1. The van der Waals surface area contributed by atoms with E-state index in [0.29, 0.717) is 12.2 Å². The lowest BCUT2D eigenvalue weighted by Crippen LogP contribution is -2.28. The number of amides is 2. The third-order valence-electron chi connectivity index (χ3n) is 3.59. The molecule has 0 spiro atoms. The Morgan fingerprint density at radius 1 is 1.00 bits per heavy atom. The summed E-state index contributed by atoms with van der Waals surface area (Å²) in [4.78, 5) is 30.7. The minimum atomic E-state index is -0.342. The third kappa shape index (κ3) is 6.00. The number of rotatable bonds is 7. The van der Waals surface area contributed by atoms with E-state index in [1.165, 1.54) is 0 Å². The van der Waals surface area contributed by atoms with E-state index in [1.54, 1.807) is 18.2 Å². The van der Waals surface area contributed by atoms with Crippen LogP contribution in [0.5, 0.6) is 0 Å². The summed E-state index contributed by atoms with van der Waals surface area (Å²) >= 11 is 0. The van der Waals surface area contributed by atoms with E-state index in [0.717, 1.165) is 18.5 Å². The molecule has 0 saturated heterocycles. The molecule has 0 saturated carbocycles. The van der Waals surface area contributed by atoms with Crippen LogP contribution in [-0.2, 0) is 0 Å². The second-order valence-corrected chi connectivity index (χ2v) is 6.14. The van der Waals surface area contributed by atoms with Crippen LogP contribution in [0.3, 0.4) is 0 Å². The molecule has 0 fully saturated rings. The predicted octanol–water partition coefficient (Wildman–Crippen LogP) is 2.32. The molecule has 1 aromatic carbocycles. The largest absolute Gasteiger partial charge is 0.351 e. The zero-order valence-electron chi connectivity index (χ0n) is 14.9. The van der Waals surface area contributed by atoms with Crippen molar-refractivity contribution >= 4 is 17.5 Å². The van der Waals surface area contributed by atoms with Crippen LogP contribution in [-0.4, -0.2) is 48.9 Å². The number of carbonyl (C=O) groups excluding carboxylic acids is 2. The fourth-order valence-corrected chi connectivity index (χ4v) is 2.21. The van der Waals surface area contributed by atoms with Crippen molar-refractivity contribution in [3.05, 3.63) is 59.4 Å². The van der Waals surface area contributed by atoms with Crippen molar-refractivity contribution in [3.63, 3.8) is 0 Å². The maximum absolute atomic E-state index is 12.3. The number of aromatic nitrogens is 1. The highest BCUT2D eigenvalue weighted by atomic mass is 16.2. The number of pyridine rings is 1. The number of nitrogens with zero attached hydrogens (tertiary/aromatic N) is 2. The lowest BCUT2D eigenvalue weighted by Gasteiger charge is -2.10. The topological polar surface area (TPSA) is 74.3 Å². The summed E-state index contributed by atoms with van der Waals surface area (Å²) in [6.45, 7) is 3.44. The molecule has 6 nitrogen and oxygen atoms in total. The Kier molecular flexibility index (Phi) is 6.65. The third-order valence-corrected chi connectivity index (χ3v) is 3.59. The molecular formula is C19H24N4O2. The van der Waals surface area contributed by atoms with Gasteiger partial charge in [0.15, 0.2) is 0 Å². The summed E-state index contributed by atoms with van der Waals surface area (Å²) in [5, 5.41) is 5.59. The van der Waals surface area contributed by atoms with Crippen LogP contribution in [0.2, 0.25) is 0 Å². The Balaban J connectivity index is 1.96. The normalized spacial score (nSPS) is 10.6. The fourth-order valence-electron chi connectivity index (χ4n) is 2.21. The molecule has 0 atom stereocenters. The van der Waals surface area contributed by atoms with Gasteiger partial charge in [-0.25, -0.2) is 4.98 Å². The molecule has 0 radical (unpaired) electrons. The van der Waals surface area contributed by atoms with Gasteiger partial charge in [0, 0.05) is 12.2 Å². The van der Waals surface area contributed by atoms with E-state index in [1.807, 2.05) is 45.3 Å². The van der Waals surface area contributed by atoms with E-state index >= 15 is 0 Å². The number of aryl methyl sites for hydroxylation is 1. The maximum atomic E-state index is 12.3. The van der Waals surface area contributed by atoms with E-state index in [4.69, 9.17) is 0 Å². The number of nitrogens with one attached hydrogen (secondary N) is 2. The maximum Gasteiger partial charge on any atom is 0.274 e. The number of anilines is 1. The molecule has 2 N–H and O–H groups in total. The van der Waals surface area contributed by atoms with Gasteiger partial charge < -0.3 is 15.5 Å². The van der Waals surface area contributed by atoms with Gasteiger partial charge >= 0.3 is 0 Å². The van der Waals surface area contributed by atoms with Crippen molar-refractivity contribution < 1.29 is 9.59 Å². The first-order valence-corrected chi connectivity index (χ1v) is 8.24. The van der Waals surface area contributed by atoms with Gasteiger partial charge in [-0.15, -0.1) is 0 Å². The quantitative estimate of drug-likeness (QED) is 0.759. The molecule has 1 aromatic heterocycles. The van der Waals surface area contributed by atoms with Gasteiger partial charge in [0.2, 0.25) is 0 Å². The van der Waals surface area contributed by atoms with E-state index in [-0.39, 0.29) is 23.2 Å². The van der Waals surface area contributed by atoms with E-state index < -0.39 is 0 Å². The molecule has 0 aliphatic carbocycles. The molecular weight excluding hydrogens is 316 g/mol. The van der Waals surface area contributed by atoms with Crippen LogP contribution < -0.4 is 10.6 Å². The first kappa shape index (κ1) is 18.6. The van der Waals surface area contributed by atoms with Gasteiger partial charge in [-0.2, -0.15) is 0 Å². The van der Waals surface area contributed by atoms with Gasteiger partial charge in [-0.05, 0) is 58.3 Å². The zero-order chi connectivity index (χ0) is 18.2. The Labute approximate surface area is 148 Å². The standard InChI is InChI=1S/C19H24N4O2/c1-14-8-10-15(11-9-14)21-19(25)17-7-4-6-16(22-17)18(24)20-12-5-13-23(2)3/h4,6-11H,5,12-13H2,1-3H3,(H,20,24)(H,21,25). The molecule has 2 rings (SSSR count). The van der Waals surface area contributed by atoms with Crippen molar-refractivity contribution in [2.24, 2.45) is 0 Å². The number of benzene rings is 1. The van der Waals surface area contributed by atoms with Gasteiger partial charge in [0.05, 0.1) is 0 Å².